The quantitative estimate of drug-likeness (QED) is 0.322. The van der Waals surface area contributed by atoms with Crippen LogP contribution in [0.15, 0.2) is 60.7 Å². The lowest BCUT2D eigenvalue weighted by Crippen LogP contribution is -2.98. The maximum Gasteiger partial charge on any atom is 0.310 e. The molecule has 0 unspecified atom stereocenters. The highest BCUT2D eigenvalue weighted by Crippen LogP contribution is 3.00. The third-order valence-electron chi connectivity index (χ3n) is 12.9. The summed E-state index contributed by atoms with van der Waals surface area (Å²) in [4.78, 5) is 29.1. The van der Waals surface area contributed by atoms with Crippen LogP contribution < -0.4 is 0 Å². The summed E-state index contributed by atoms with van der Waals surface area (Å²) < 4.78 is 12.2. The van der Waals surface area contributed by atoms with E-state index >= 15 is 0 Å². The zero-order valence-electron chi connectivity index (χ0n) is 27.6. The Hall–Kier alpha value is -2.78. The van der Waals surface area contributed by atoms with Gasteiger partial charge in [0.05, 0.1) is 11.8 Å². The Bertz CT molecular complexity index is 1340. The number of ether oxygens (including phenoxy) is 2. The zero-order valence-corrected chi connectivity index (χ0v) is 27.6. The normalized spacial score (nSPS) is 43.0. The predicted octanol–water partition coefficient (Wildman–Crippen LogP) is 3.92. The van der Waals surface area contributed by atoms with Gasteiger partial charge in [0.15, 0.2) is 0 Å². The Kier molecular flexibility index (Phi) is 6.83. The standard InChI is InChI=1S/C38H48O8/c1-33(2,3)45-31(43)23-27-35(17-39)25(21-13-9-7-10-14-21)36(18-40)28(23)38(20-42)26(22-15-11-8-12-16-22)37(27,19-41)29(35)24(30(36)38)32(44)46-34(4,5)6/h7-16,23-30,39-42H,17-20H2,1-6H3. The summed E-state index contributed by atoms with van der Waals surface area (Å²) in [5.41, 5.74) is -4.02. The van der Waals surface area contributed by atoms with Crippen LogP contribution in [0.25, 0.3) is 0 Å². The molecule has 2 aromatic rings. The molecule has 4 N–H and O–H groups in total. The number of hydrogen-bond donors (Lipinski definition) is 4. The minimum Gasteiger partial charge on any atom is -0.460 e. The number of rotatable bonds is 8. The summed E-state index contributed by atoms with van der Waals surface area (Å²) >= 11 is 0. The van der Waals surface area contributed by atoms with Crippen molar-refractivity contribution in [3.8, 4) is 0 Å². The molecule has 6 saturated carbocycles. The van der Waals surface area contributed by atoms with E-state index in [0.29, 0.717) is 0 Å². The van der Waals surface area contributed by atoms with Gasteiger partial charge in [-0.25, -0.2) is 0 Å². The van der Waals surface area contributed by atoms with Gasteiger partial charge >= 0.3 is 11.9 Å². The van der Waals surface area contributed by atoms with E-state index in [-0.39, 0.29) is 26.4 Å². The predicted molar refractivity (Wildman–Crippen MR) is 169 cm³/mol. The van der Waals surface area contributed by atoms with E-state index in [9.17, 15) is 30.0 Å². The lowest BCUT2D eigenvalue weighted by Gasteiger charge is -2.97. The van der Waals surface area contributed by atoms with Crippen LogP contribution in [0, 0.1) is 57.2 Å². The van der Waals surface area contributed by atoms with Crippen molar-refractivity contribution < 1.29 is 39.5 Å². The highest BCUT2D eigenvalue weighted by molar-refractivity contribution is 5.82. The van der Waals surface area contributed by atoms with Gasteiger partial charge in [0.25, 0.3) is 0 Å². The van der Waals surface area contributed by atoms with Crippen molar-refractivity contribution in [2.45, 2.75) is 64.6 Å². The van der Waals surface area contributed by atoms with Crippen molar-refractivity contribution in [2.24, 2.45) is 57.2 Å². The Morgan fingerprint density at radius 2 is 0.804 bits per heavy atom. The summed E-state index contributed by atoms with van der Waals surface area (Å²) in [7, 11) is 0. The zero-order chi connectivity index (χ0) is 33.2. The molecule has 6 fully saturated rings. The summed E-state index contributed by atoms with van der Waals surface area (Å²) in [5, 5.41) is 47.2. The Morgan fingerprint density at radius 1 is 0.543 bits per heavy atom. The molecule has 8 nitrogen and oxygen atoms in total. The maximum atomic E-state index is 14.6. The first kappa shape index (κ1) is 31.8. The molecule has 0 atom stereocenters. The van der Waals surface area contributed by atoms with Gasteiger partial charge in [-0.2, -0.15) is 0 Å². The van der Waals surface area contributed by atoms with Gasteiger partial charge in [0.1, 0.15) is 11.2 Å². The summed E-state index contributed by atoms with van der Waals surface area (Å²) in [5.74, 6) is -5.78. The van der Waals surface area contributed by atoms with E-state index in [1.54, 1.807) is 0 Å². The second-order valence-corrected chi connectivity index (χ2v) is 16.8. The topological polar surface area (TPSA) is 134 Å². The Labute approximate surface area is 271 Å². The van der Waals surface area contributed by atoms with Crippen molar-refractivity contribution in [3.63, 3.8) is 0 Å². The second kappa shape index (κ2) is 9.88. The molecule has 8 heteroatoms. The fourth-order valence-electron chi connectivity index (χ4n) is 13.0. The van der Waals surface area contributed by atoms with Gasteiger partial charge in [-0.15, -0.1) is 0 Å². The van der Waals surface area contributed by atoms with Crippen molar-refractivity contribution in [1.82, 2.24) is 0 Å². The fourth-order valence-corrected chi connectivity index (χ4v) is 13.0. The Morgan fingerprint density at radius 3 is 1.02 bits per heavy atom. The van der Waals surface area contributed by atoms with Gasteiger partial charge in [-0.3, -0.25) is 9.59 Å². The molecule has 0 radical (unpaired) electrons. The van der Waals surface area contributed by atoms with Crippen LogP contribution in [0.2, 0.25) is 0 Å². The van der Waals surface area contributed by atoms with Crippen molar-refractivity contribution >= 4 is 11.9 Å². The lowest BCUT2D eigenvalue weighted by atomic mass is 9.05. The minimum absolute atomic E-state index is 0.350. The van der Waals surface area contributed by atoms with E-state index in [4.69, 9.17) is 9.47 Å². The van der Waals surface area contributed by atoms with Crippen LogP contribution in [-0.4, -0.2) is 70.0 Å². The van der Waals surface area contributed by atoms with Crippen LogP contribution in [0.4, 0.5) is 0 Å². The van der Waals surface area contributed by atoms with Crippen LogP contribution in [0.5, 0.6) is 0 Å². The third kappa shape index (κ3) is 3.44. The first-order valence-electron chi connectivity index (χ1n) is 16.7. The molecule has 0 spiro atoms. The summed E-state index contributed by atoms with van der Waals surface area (Å²) in [6, 6.07) is 19.6. The van der Waals surface area contributed by atoms with Crippen molar-refractivity contribution in [1.29, 1.82) is 0 Å². The van der Waals surface area contributed by atoms with Gasteiger partial charge in [-0.05, 0) is 76.3 Å². The molecular weight excluding hydrogens is 584 g/mol. The number of carbonyl (C=O) groups excluding carboxylic acids is 2. The molecule has 0 heterocycles. The van der Waals surface area contributed by atoms with Crippen molar-refractivity contribution in [2.75, 3.05) is 26.4 Å². The first-order valence-corrected chi connectivity index (χ1v) is 16.7. The number of hydrogen-bond acceptors (Lipinski definition) is 8. The van der Waals surface area contributed by atoms with Gasteiger partial charge in [0, 0.05) is 59.9 Å². The number of benzene rings is 2. The number of esters is 2. The Balaban J connectivity index is 1.59. The molecule has 8 bridgehead atoms. The molecule has 248 valence electrons. The fraction of sp³-hybridized carbons (Fsp3) is 0.632. The van der Waals surface area contributed by atoms with E-state index in [2.05, 4.69) is 0 Å². The monoisotopic (exact) mass is 632 g/mol. The van der Waals surface area contributed by atoms with Crippen LogP contribution in [0.3, 0.4) is 0 Å². The van der Waals surface area contributed by atoms with Gasteiger partial charge < -0.3 is 29.9 Å². The molecule has 6 aliphatic rings. The van der Waals surface area contributed by atoms with E-state index < -0.39 is 92.1 Å². The lowest BCUT2D eigenvalue weighted by molar-refractivity contribution is -0.503. The smallest absolute Gasteiger partial charge is 0.310 e. The molecule has 46 heavy (non-hydrogen) atoms. The molecule has 8 rings (SSSR count). The molecule has 0 amide bonds. The molecule has 2 aromatic carbocycles. The van der Waals surface area contributed by atoms with Crippen molar-refractivity contribution in [3.05, 3.63) is 71.8 Å². The van der Waals surface area contributed by atoms with E-state index in [0.717, 1.165) is 11.1 Å². The van der Waals surface area contributed by atoms with Gasteiger partial charge in [-0.1, -0.05) is 60.7 Å². The highest BCUT2D eigenvalue weighted by atomic mass is 16.6. The van der Waals surface area contributed by atoms with E-state index in [1.807, 2.05) is 102 Å². The molecule has 0 saturated heterocycles. The van der Waals surface area contributed by atoms with Crippen LogP contribution >= 0.6 is 0 Å². The maximum absolute atomic E-state index is 14.6. The minimum atomic E-state index is -1.06. The molecule has 6 aliphatic carbocycles. The average Bonchev–Trinajstić information content (AvgIpc) is 2.98. The first-order chi connectivity index (χ1) is 21.7. The average molecular weight is 633 g/mol. The number of aliphatic hydroxyl groups is 4. The largest absolute Gasteiger partial charge is 0.460 e. The molecule has 0 aromatic heterocycles. The van der Waals surface area contributed by atoms with Crippen LogP contribution in [-0.2, 0) is 19.1 Å². The summed E-state index contributed by atoms with van der Waals surface area (Å²) in [6.45, 7) is 9.48. The number of aliphatic hydroxyl groups excluding tert-OH is 4. The van der Waals surface area contributed by atoms with E-state index in [1.165, 1.54) is 0 Å². The summed E-state index contributed by atoms with van der Waals surface area (Å²) in [6.07, 6.45) is 0. The molecule has 0 aliphatic heterocycles. The third-order valence-corrected chi connectivity index (χ3v) is 12.9. The highest BCUT2D eigenvalue weighted by Gasteiger charge is 3.01. The number of carbonyl (C=O) groups is 2. The van der Waals surface area contributed by atoms with Gasteiger partial charge in [0.2, 0.25) is 0 Å². The molecular formula is C38H48O8. The SMILES string of the molecule is CC(C)(C)OC(=O)C1C2C3(CO)C(c4ccccc4)C4(CO)C1C1(CO)C(c5ccccc5)C2(CO)C3C(C(=O)OC(C)(C)C)C41. The second-order valence-electron chi connectivity index (χ2n) is 16.8. The van der Waals surface area contributed by atoms with Crippen LogP contribution in [0.1, 0.15) is 64.5 Å².